The van der Waals surface area contributed by atoms with Gasteiger partial charge in [0.05, 0.1) is 18.5 Å². The molecule has 0 bridgehead atoms. The fourth-order valence-electron chi connectivity index (χ4n) is 1.49. The largest absolute Gasteiger partial charge is 0.472 e. The minimum Gasteiger partial charge on any atom is -0.472 e. The molecule has 0 spiro atoms. The third-order valence-corrected chi connectivity index (χ3v) is 2.42. The third kappa shape index (κ3) is 4.56. The van der Waals surface area contributed by atoms with Crippen LogP contribution in [0.1, 0.15) is 12.5 Å². The number of hydrogen-bond donors (Lipinski definition) is 2. The van der Waals surface area contributed by atoms with Gasteiger partial charge in [0.25, 0.3) is 0 Å². The molecule has 1 aromatic heterocycles. The first kappa shape index (κ1) is 13.3. The van der Waals surface area contributed by atoms with Crippen LogP contribution in [0.25, 0.3) is 0 Å². The molecule has 2 rings (SSSR count). The number of aliphatic hydroxyl groups is 1. The molecule has 0 aliphatic heterocycles. The normalized spacial score (nSPS) is 11.9. The Morgan fingerprint density at radius 2 is 2.05 bits per heavy atom. The molecule has 5 heteroatoms. The Balaban J connectivity index is 1.91. The average Bonchev–Trinajstić information content (AvgIpc) is 2.44. The van der Waals surface area contributed by atoms with Crippen molar-refractivity contribution in [1.29, 1.82) is 0 Å². The summed E-state index contributed by atoms with van der Waals surface area (Å²) in [4.78, 5) is 8.30. The summed E-state index contributed by atoms with van der Waals surface area (Å²) in [6.07, 6.45) is 2.73. The van der Waals surface area contributed by atoms with Crippen LogP contribution in [-0.2, 0) is 6.61 Å². The molecule has 0 unspecified atom stereocenters. The number of nitrogens with one attached hydrogen (secondary N) is 1. The van der Waals surface area contributed by atoms with Crippen LogP contribution in [-0.4, -0.2) is 27.7 Å². The van der Waals surface area contributed by atoms with Gasteiger partial charge in [-0.1, -0.05) is 30.3 Å². The number of nitrogens with zero attached hydrogens (tertiary/aromatic N) is 2. The first-order valence-corrected chi connectivity index (χ1v) is 6.15. The highest BCUT2D eigenvalue weighted by Crippen LogP contribution is 2.11. The molecule has 0 aliphatic carbocycles. The van der Waals surface area contributed by atoms with E-state index >= 15 is 0 Å². The van der Waals surface area contributed by atoms with Gasteiger partial charge in [0.15, 0.2) is 0 Å². The van der Waals surface area contributed by atoms with Crippen molar-refractivity contribution < 1.29 is 9.84 Å². The Bertz CT molecular complexity index is 503. The Hall–Kier alpha value is -2.14. The summed E-state index contributed by atoms with van der Waals surface area (Å²) in [5.74, 6) is 1.05. The highest BCUT2D eigenvalue weighted by atomic mass is 16.5. The van der Waals surface area contributed by atoms with Gasteiger partial charge in [0, 0.05) is 6.54 Å². The van der Waals surface area contributed by atoms with Gasteiger partial charge >= 0.3 is 0 Å². The zero-order chi connectivity index (χ0) is 13.5. The van der Waals surface area contributed by atoms with Crippen molar-refractivity contribution in [2.24, 2.45) is 0 Å². The van der Waals surface area contributed by atoms with Crippen LogP contribution in [0.4, 0.5) is 5.82 Å². The molecular weight excluding hydrogens is 242 g/mol. The average molecular weight is 259 g/mol. The van der Waals surface area contributed by atoms with Crippen molar-refractivity contribution in [3.63, 3.8) is 0 Å². The van der Waals surface area contributed by atoms with Crippen molar-refractivity contribution in [1.82, 2.24) is 9.97 Å². The number of aromatic nitrogens is 2. The lowest BCUT2D eigenvalue weighted by atomic mass is 10.2. The van der Waals surface area contributed by atoms with E-state index in [0.29, 0.717) is 24.8 Å². The Kier molecular flexibility index (Phi) is 4.69. The molecule has 1 heterocycles. The summed E-state index contributed by atoms with van der Waals surface area (Å²) in [7, 11) is 0. The standard InChI is InChI=1S/C14H17N3O2/c1-11(18)7-16-13-8-15-9-14(17-13)19-10-12-5-3-2-4-6-12/h2-6,8-9,11,18H,7,10H2,1H3,(H,16,17)/t11-/m0/s1. The van der Waals surface area contributed by atoms with E-state index in [9.17, 15) is 5.11 Å². The summed E-state index contributed by atoms with van der Waals surface area (Å²) in [5, 5.41) is 12.2. The van der Waals surface area contributed by atoms with E-state index in [2.05, 4.69) is 15.3 Å². The summed E-state index contributed by atoms with van der Waals surface area (Å²) >= 11 is 0. The van der Waals surface area contributed by atoms with Crippen molar-refractivity contribution in [3.8, 4) is 5.88 Å². The van der Waals surface area contributed by atoms with E-state index < -0.39 is 6.10 Å². The maximum absolute atomic E-state index is 9.19. The van der Waals surface area contributed by atoms with Crippen molar-refractivity contribution in [2.45, 2.75) is 19.6 Å². The molecule has 0 aliphatic rings. The highest BCUT2D eigenvalue weighted by molar-refractivity contribution is 5.33. The SMILES string of the molecule is C[C@H](O)CNc1cncc(OCc2ccccc2)n1. The van der Waals surface area contributed by atoms with Crippen molar-refractivity contribution >= 4 is 5.82 Å². The van der Waals surface area contributed by atoms with E-state index in [-0.39, 0.29) is 0 Å². The molecule has 1 atom stereocenters. The molecule has 0 amide bonds. The summed E-state index contributed by atoms with van der Waals surface area (Å²) in [6, 6.07) is 9.87. The quantitative estimate of drug-likeness (QED) is 0.828. The van der Waals surface area contributed by atoms with Gasteiger partial charge in [-0.05, 0) is 12.5 Å². The van der Waals surface area contributed by atoms with Crippen LogP contribution in [0.2, 0.25) is 0 Å². The fourth-order valence-corrected chi connectivity index (χ4v) is 1.49. The predicted molar refractivity (Wildman–Crippen MR) is 73.0 cm³/mol. The first-order valence-electron chi connectivity index (χ1n) is 6.15. The lowest BCUT2D eigenvalue weighted by molar-refractivity contribution is 0.208. The Morgan fingerprint density at radius 1 is 1.26 bits per heavy atom. The molecule has 0 saturated heterocycles. The number of hydrogen-bond acceptors (Lipinski definition) is 5. The molecule has 19 heavy (non-hydrogen) atoms. The van der Waals surface area contributed by atoms with Crippen molar-refractivity contribution in [3.05, 3.63) is 48.3 Å². The van der Waals surface area contributed by atoms with Gasteiger partial charge < -0.3 is 15.2 Å². The number of aliphatic hydroxyl groups excluding tert-OH is 1. The third-order valence-electron chi connectivity index (χ3n) is 2.42. The number of anilines is 1. The Labute approximate surface area is 112 Å². The van der Waals surface area contributed by atoms with Crippen LogP contribution in [0.5, 0.6) is 5.88 Å². The zero-order valence-corrected chi connectivity index (χ0v) is 10.8. The van der Waals surface area contributed by atoms with Gasteiger partial charge in [-0.15, -0.1) is 0 Å². The lowest BCUT2D eigenvalue weighted by Gasteiger charge is -2.09. The van der Waals surface area contributed by atoms with Crippen LogP contribution >= 0.6 is 0 Å². The lowest BCUT2D eigenvalue weighted by Crippen LogP contribution is -2.16. The topological polar surface area (TPSA) is 67.3 Å². The van der Waals surface area contributed by atoms with Crippen LogP contribution in [0.15, 0.2) is 42.7 Å². The van der Waals surface area contributed by atoms with Gasteiger partial charge in [0.1, 0.15) is 12.4 Å². The van der Waals surface area contributed by atoms with Gasteiger partial charge in [-0.3, -0.25) is 4.98 Å². The molecule has 2 N–H and O–H groups in total. The van der Waals surface area contributed by atoms with Gasteiger partial charge in [0.2, 0.25) is 5.88 Å². The molecule has 0 radical (unpaired) electrons. The monoisotopic (exact) mass is 259 g/mol. The first-order chi connectivity index (χ1) is 9.24. The summed E-state index contributed by atoms with van der Waals surface area (Å²) in [6.45, 7) is 2.59. The van der Waals surface area contributed by atoms with Crippen LogP contribution in [0, 0.1) is 0 Å². The minimum atomic E-state index is -0.435. The second kappa shape index (κ2) is 6.70. The van der Waals surface area contributed by atoms with E-state index in [0.717, 1.165) is 5.56 Å². The molecule has 1 aromatic carbocycles. The van der Waals surface area contributed by atoms with Gasteiger partial charge in [-0.25, -0.2) is 0 Å². The number of benzene rings is 1. The van der Waals surface area contributed by atoms with E-state index in [1.807, 2.05) is 30.3 Å². The molecule has 5 nitrogen and oxygen atoms in total. The zero-order valence-electron chi connectivity index (χ0n) is 10.8. The highest BCUT2D eigenvalue weighted by Gasteiger charge is 2.01. The van der Waals surface area contributed by atoms with E-state index in [1.54, 1.807) is 19.3 Å². The number of rotatable bonds is 6. The van der Waals surface area contributed by atoms with Crippen LogP contribution in [0.3, 0.4) is 0 Å². The van der Waals surface area contributed by atoms with Gasteiger partial charge in [-0.2, -0.15) is 4.98 Å². The van der Waals surface area contributed by atoms with E-state index in [1.165, 1.54) is 0 Å². The predicted octanol–water partition coefficient (Wildman–Crippen LogP) is 1.85. The second-order valence-electron chi connectivity index (χ2n) is 4.25. The van der Waals surface area contributed by atoms with E-state index in [4.69, 9.17) is 4.74 Å². The smallest absolute Gasteiger partial charge is 0.234 e. The Morgan fingerprint density at radius 3 is 2.79 bits per heavy atom. The molecular formula is C14H17N3O2. The minimum absolute atomic E-state index is 0.427. The maximum atomic E-state index is 9.19. The van der Waals surface area contributed by atoms with Crippen LogP contribution < -0.4 is 10.1 Å². The summed E-state index contributed by atoms with van der Waals surface area (Å²) < 4.78 is 5.56. The second-order valence-corrected chi connectivity index (χ2v) is 4.25. The molecule has 0 saturated carbocycles. The molecule has 0 fully saturated rings. The molecule has 100 valence electrons. The maximum Gasteiger partial charge on any atom is 0.234 e. The molecule has 2 aromatic rings. The van der Waals surface area contributed by atoms with Crippen molar-refractivity contribution in [2.75, 3.05) is 11.9 Å². The fraction of sp³-hybridized carbons (Fsp3) is 0.286. The number of ether oxygens (including phenoxy) is 1. The summed E-state index contributed by atoms with van der Waals surface area (Å²) in [5.41, 5.74) is 1.08.